The summed E-state index contributed by atoms with van der Waals surface area (Å²) in [6.07, 6.45) is 7.01. The number of ether oxygens (including phenoxy) is 3. The third kappa shape index (κ3) is 6.47. The number of carbonyl (C=O) groups excluding carboxylic acids is 4. The smallest absolute Gasteiger partial charge is 0.338 e. The zero-order valence-electron chi connectivity index (χ0n) is 26.6. The summed E-state index contributed by atoms with van der Waals surface area (Å²) in [7, 11) is -3.94. The highest BCUT2D eigenvalue weighted by molar-refractivity contribution is 7.91. The molecule has 0 radical (unpaired) electrons. The van der Waals surface area contributed by atoms with Gasteiger partial charge < -0.3 is 24.4 Å². The topological polar surface area (TPSA) is 157 Å². The predicted molar refractivity (Wildman–Crippen MR) is 166 cm³/mol. The Labute approximate surface area is 269 Å². The molecule has 3 amide bonds. The van der Waals surface area contributed by atoms with E-state index in [-0.39, 0.29) is 43.2 Å². The van der Waals surface area contributed by atoms with Gasteiger partial charge in [-0.2, -0.15) is 0 Å². The average molecular weight is 658 g/mol. The highest BCUT2D eigenvalue weighted by atomic mass is 32.2. The zero-order valence-corrected chi connectivity index (χ0v) is 27.4. The van der Waals surface area contributed by atoms with Crippen molar-refractivity contribution in [2.24, 2.45) is 17.8 Å². The van der Waals surface area contributed by atoms with E-state index >= 15 is 0 Å². The molecule has 12 nitrogen and oxygen atoms in total. The van der Waals surface area contributed by atoms with Gasteiger partial charge in [-0.1, -0.05) is 26.0 Å². The van der Waals surface area contributed by atoms with E-state index in [0.29, 0.717) is 43.5 Å². The second-order valence-electron chi connectivity index (χ2n) is 14.0. The molecule has 6 rings (SSSR count). The van der Waals surface area contributed by atoms with E-state index in [0.717, 1.165) is 19.3 Å². The number of fused-ring (bicyclic) bond motifs is 3. The Bertz CT molecular complexity index is 1550. The summed E-state index contributed by atoms with van der Waals surface area (Å²) in [4.78, 5) is 55.9. The standard InChI is InChI=1S/C33H43N3O9S/c1-20-6-4-5-7-23-18-33(23,31(40)35-46(41,42)32(3)10-11-32)34-29(38)25-17-24(19-36(25)28(37)15-21(2)14-20)45-30(39)22-8-9-26-27(16-22)44-13-12-43-26/h5,7-9,16,20-21,23-25H,4,6,10-15,17-19H2,1-3H3,(H,34,38)(H,35,40)/b7-5-/t20-,21+,23+,24+,25-,33+/m0/s1. The summed E-state index contributed by atoms with van der Waals surface area (Å²) < 4.78 is 44.1. The number of amides is 3. The fraction of sp³-hybridized carbons (Fsp3) is 0.636. The molecule has 5 aliphatic rings. The van der Waals surface area contributed by atoms with Gasteiger partial charge in [0.15, 0.2) is 11.5 Å². The fourth-order valence-corrected chi connectivity index (χ4v) is 8.12. The Morgan fingerprint density at radius 3 is 2.54 bits per heavy atom. The average Bonchev–Trinajstić information content (AvgIpc) is 3.88. The van der Waals surface area contributed by atoms with Gasteiger partial charge in [-0.15, -0.1) is 0 Å². The first-order valence-corrected chi connectivity index (χ1v) is 17.7. The molecule has 250 valence electrons. The van der Waals surface area contributed by atoms with Crippen LogP contribution in [-0.4, -0.2) is 79.2 Å². The monoisotopic (exact) mass is 657 g/mol. The number of hydrogen-bond acceptors (Lipinski definition) is 9. The van der Waals surface area contributed by atoms with E-state index < -0.39 is 56.2 Å². The molecule has 6 atom stereocenters. The summed E-state index contributed by atoms with van der Waals surface area (Å²) >= 11 is 0. The zero-order chi connectivity index (χ0) is 32.9. The Hall–Kier alpha value is -3.61. The number of carbonyl (C=O) groups is 4. The lowest BCUT2D eigenvalue weighted by Crippen LogP contribution is -2.57. The molecule has 0 aromatic heterocycles. The van der Waals surface area contributed by atoms with Crippen molar-refractivity contribution in [1.82, 2.24) is 14.9 Å². The minimum Gasteiger partial charge on any atom is -0.486 e. The van der Waals surface area contributed by atoms with Crippen LogP contribution in [0.4, 0.5) is 0 Å². The number of allylic oxidation sites excluding steroid dienone is 1. The van der Waals surface area contributed by atoms with Crippen molar-refractivity contribution in [2.45, 2.75) is 94.6 Å². The molecule has 2 N–H and O–H groups in total. The number of nitrogens with one attached hydrogen (secondary N) is 2. The molecule has 3 aliphatic heterocycles. The van der Waals surface area contributed by atoms with E-state index in [1.165, 1.54) is 4.90 Å². The van der Waals surface area contributed by atoms with Gasteiger partial charge in [0.1, 0.15) is 30.9 Å². The molecular weight excluding hydrogens is 614 g/mol. The van der Waals surface area contributed by atoms with Crippen LogP contribution in [0.3, 0.4) is 0 Å². The van der Waals surface area contributed by atoms with Crippen LogP contribution < -0.4 is 19.5 Å². The first kappa shape index (κ1) is 32.3. The van der Waals surface area contributed by atoms with E-state index in [2.05, 4.69) is 17.0 Å². The summed E-state index contributed by atoms with van der Waals surface area (Å²) in [6.45, 7) is 6.55. The van der Waals surface area contributed by atoms with Gasteiger partial charge in [0.25, 0.3) is 5.91 Å². The highest BCUT2D eigenvalue weighted by Crippen LogP contribution is 2.47. The first-order valence-electron chi connectivity index (χ1n) is 16.3. The fourth-order valence-electron chi connectivity index (χ4n) is 6.81. The first-order chi connectivity index (χ1) is 21.8. The van der Waals surface area contributed by atoms with Crippen LogP contribution in [0, 0.1) is 17.8 Å². The number of esters is 1. The number of nitrogens with zero attached hydrogens (tertiary/aromatic N) is 1. The Balaban J connectivity index is 1.23. The summed E-state index contributed by atoms with van der Waals surface area (Å²) in [5.74, 6) is -1.22. The minimum absolute atomic E-state index is 0.0186. The van der Waals surface area contributed by atoms with Crippen molar-refractivity contribution in [3.63, 3.8) is 0 Å². The van der Waals surface area contributed by atoms with E-state index in [1.807, 2.05) is 19.1 Å². The molecule has 3 fully saturated rings. The van der Waals surface area contributed by atoms with Crippen LogP contribution in [0.15, 0.2) is 30.4 Å². The molecule has 0 bridgehead atoms. The lowest BCUT2D eigenvalue weighted by Gasteiger charge is -2.27. The maximum atomic E-state index is 14.0. The molecule has 46 heavy (non-hydrogen) atoms. The lowest BCUT2D eigenvalue weighted by atomic mass is 9.91. The van der Waals surface area contributed by atoms with Crippen molar-refractivity contribution in [3.8, 4) is 11.5 Å². The molecule has 1 aromatic carbocycles. The van der Waals surface area contributed by atoms with Crippen LogP contribution in [0.2, 0.25) is 0 Å². The summed E-state index contributed by atoms with van der Waals surface area (Å²) in [5.41, 5.74) is -1.21. The third-order valence-corrected chi connectivity index (χ3v) is 12.2. The molecule has 3 heterocycles. The normalized spacial score (nSPS) is 32.8. The largest absolute Gasteiger partial charge is 0.486 e. The van der Waals surface area contributed by atoms with Crippen molar-refractivity contribution >= 4 is 33.7 Å². The molecule has 13 heteroatoms. The van der Waals surface area contributed by atoms with Crippen molar-refractivity contribution in [1.29, 1.82) is 0 Å². The van der Waals surface area contributed by atoms with Crippen molar-refractivity contribution < 1.29 is 41.8 Å². The maximum Gasteiger partial charge on any atom is 0.338 e. The quantitative estimate of drug-likeness (QED) is 0.359. The Morgan fingerprint density at radius 1 is 1.07 bits per heavy atom. The summed E-state index contributed by atoms with van der Waals surface area (Å²) in [5, 5.41) is 2.85. The molecule has 0 spiro atoms. The molecule has 1 saturated heterocycles. The van der Waals surface area contributed by atoms with E-state index in [4.69, 9.17) is 14.2 Å². The van der Waals surface area contributed by atoms with Gasteiger partial charge in [-0.05, 0) is 75.5 Å². The SMILES string of the molecule is C[C@H]1CC/C=C\[C@@H]2C[C@@]2(C(=O)NS(=O)(=O)C2(C)CC2)NC(=O)[C@@H]2C[C@@H](OC(=O)c3ccc4c(c3)OCCO4)CN2C(=O)C[C@H](C)C1. The minimum atomic E-state index is -3.94. The second kappa shape index (κ2) is 12.2. The molecule has 1 aromatic rings. The van der Waals surface area contributed by atoms with Crippen LogP contribution in [0.25, 0.3) is 0 Å². The Morgan fingerprint density at radius 2 is 1.80 bits per heavy atom. The van der Waals surface area contributed by atoms with Crippen LogP contribution >= 0.6 is 0 Å². The number of rotatable bonds is 5. The highest BCUT2D eigenvalue weighted by Gasteiger charge is 2.63. The maximum absolute atomic E-state index is 14.0. The number of benzene rings is 1. The van der Waals surface area contributed by atoms with Gasteiger partial charge in [0.2, 0.25) is 21.8 Å². The lowest BCUT2D eigenvalue weighted by molar-refractivity contribution is -0.140. The van der Waals surface area contributed by atoms with Crippen molar-refractivity contribution in [2.75, 3.05) is 19.8 Å². The van der Waals surface area contributed by atoms with Crippen LogP contribution in [0.5, 0.6) is 11.5 Å². The van der Waals surface area contributed by atoms with Gasteiger partial charge >= 0.3 is 5.97 Å². The molecule has 2 saturated carbocycles. The van der Waals surface area contributed by atoms with Crippen LogP contribution in [0.1, 0.15) is 82.5 Å². The van der Waals surface area contributed by atoms with Gasteiger partial charge in [-0.25, -0.2) is 13.2 Å². The van der Waals surface area contributed by atoms with E-state index in [1.54, 1.807) is 25.1 Å². The molecular formula is C33H43N3O9S. The number of sulfonamides is 1. The van der Waals surface area contributed by atoms with Gasteiger partial charge in [-0.3, -0.25) is 19.1 Å². The van der Waals surface area contributed by atoms with Gasteiger partial charge in [0, 0.05) is 18.8 Å². The molecule has 2 aliphatic carbocycles. The van der Waals surface area contributed by atoms with Crippen LogP contribution in [-0.2, 0) is 29.1 Å². The number of hydrogen-bond donors (Lipinski definition) is 2. The predicted octanol–water partition coefficient (Wildman–Crippen LogP) is 2.86. The van der Waals surface area contributed by atoms with E-state index in [9.17, 15) is 27.6 Å². The molecule has 0 unspecified atom stereocenters. The second-order valence-corrected chi connectivity index (χ2v) is 16.2. The van der Waals surface area contributed by atoms with Gasteiger partial charge in [0.05, 0.1) is 16.9 Å². The Kier molecular flexibility index (Phi) is 8.58. The van der Waals surface area contributed by atoms with Crippen molar-refractivity contribution in [3.05, 3.63) is 35.9 Å². The third-order valence-electron chi connectivity index (χ3n) is 10.1. The summed E-state index contributed by atoms with van der Waals surface area (Å²) in [6, 6.07) is 3.75.